The van der Waals surface area contributed by atoms with E-state index in [0.29, 0.717) is 6.42 Å². The summed E-state index contributed by atoms with van der Waals surface area (Å²) in [6.07, 6.45) is 5.82. The monoisotopic (exact) mass is 163 g/mol. The Hall–Kier alpha value is -1.03. The number of nitriles is 1. The molecule has 0 aliphatic heterocycles. The highest BCUT2D eigenvalue weighted by atomic mass is 14.2. The largest absolute Gasteiger partial charge is 0.198 e. The summed E-state index contributed by atoms with van der Waals surface area (Å²) in [6, 6.07) is 2.10. The fourth-order valence-corrected chi connectivity index (χ4v) is 0.867. The first-order valence-electron chi connectivity index (χ1n) is 4.40. The van der Waals surface area contributed by atoms with E-state index in [4.69, 9.17) is 5.26 Å². The Kier molecular flexibility index (Phi) is 6.09. The molecule has 0 heterocycles. The van der Waals surface area contributed by atoms with Crippen molar-refractivity contribution in [1.29, 1.82) is 5.26 Å². The molecule has 0 fully saturated rings. The molecular formula is C11H17N. The molecule has 0 radical (unpaired) electrons. The first kappa shape index (κ1) is 11.0. The first-order chi connectivity index (χ1) is 5.70. The van der Waals surface area contributed by atoms with Gasteiger partial charge in [0.25, 0.3) is 0 Å². The smallest absolute Gasteiger partial charge is 0.0666 e. The third-order valence-electron chi connectivity index (χ3n) is 1.88. The Morgan fingerprint density at radius 1 is 1.58 bits per heavy atom. The minimum absolute atomic E-state index is 0.499. The van der Waals surface area contributed by atoms with Gasteiger partial charge in [0.1, 0.15) is 0 Å². The summed E-state index contributed by atoms with van der Waals surface area (Å²) < 4.78 is 0. The van der Waals surface area contributed by atoms with Gasteiger partial charge < -0.3 is 0 Å². The average molecular weight is 163 g/mol. The van der Waals surface area contributed by atoms with Crippen molar-refractivity contribution < 1.29 is 0 Å². The molecule has 0 atom stereocenters. The molecule has 12 heavy (non-hydrogen) atoms. The van der Waals surface area contributed by atoms with Gasteiger partial charge >= 0.3 is 0 Å². The van der Waals surface area contributed by atoms with Crippen LogP contribution in [0.1, 0.15) is 39.5 Å². The van der Waals surface area contributed by atoms with Crippen LogP contribution in [0.2, 0.25) is 0 Å². The Morgan fingerprint density at radius 2 is 2.25 bits per heavy atom. The molecule has 0 aliphatic rings. The lowest BCUT2D eigenvalue weighted by Gasteiger charge is -1.98. The zero-order chi connectivity index (χ0) is 9.40. The van der Waals surface area contributed by atoms with Crippen LogP contribution in [0, 0.1) is 11.3 Å². The van der Waals surface area contributed by atoms with Crippen LogP contribution in [0.15, 0.2) is 23.8 Å². The summed E-state index contributed by atoms with van der Waals surface area (Å²) in [5, 5.41) is 8.37. The topological polar surface area (TPSA) is 23.8 Å². The summed E-state index contributed by atoms with van der Waals surface area (Å²) in [7, 11) is 0. The van der Waals surface area contributed by atoms with Gasteiger partial charge in [-0.05, 0) is 26.2 Å². The predicted molar refractivity (Wildman–Crippen MR) is 52.7 cm³/mol. The van der Waals surface area contributed by atoms with Gasteiger partial charge in [-0.3, -0.25) is 0 Å². The maximum atomic E-state index is 8.37. The Labute approximate surface area is 75.4 Å². The van der Waals surface area contributed by atoms with E-state index in [1.807, 2.05) is 0 Å². The highest BCUT2D eigenvalue weighted by Gasteiger charge is 1.91. The Bertz CT molecular complexity index is 206. The van der Waals surface area contributed by atoms with Crippen LogP contribution in [-0.4, -0.2) is 0 Å². The Morgan fingerprint density at radius 3 is 2.75 bits per heavy atom. The molecule has 0 spiro atoms. The van der Waals surface area contributed by atoms with Crippen molar-refractivity contribution in [3.8, 4) is 6.07 Å². The molecule has 66 valence electrons. The van der Waals surface area contributed by atoms with E-state index >= 15 is 0 Å². The van der Waals surface area contributed by atoms with Crippen molar-refractivity contribution in [2.45, 2.75) is 39.5 Å². The molecule has 0 rings (SSSR count). The third-order valence-corrected chi connectivity index (χ3v) is 1.88. The van der Waals surface area contributed by atoms with Crippen LogP contribution >= 0.6 is 0 Å². The second-order valence-electron chi connectivity index (χ2n) is 3.03. The molecule has 0 unspecified atom stereocenters. The minimum Gasteiger partial charge on any atom is -0.198 e. The normalized spacial score (nSPS) is 10.9. The van der Waals surface area contributed by atoms with Gasteiger partial charge in [0.05, 0.1) is 12.5 Å². The van der Waals surface area contributed by atoms with E-state index in [1.165, 1.54) is 5.57 Å². The lowest BCUT2D eigenvalue weighted by atomic mass is 10.1. The van der Waals surface area contributed by atoms with Crippen molar-refractivity contribution in [2.75, 3.05) is 0 Å². The van der Waals surface area contributed by atoms with Crippen molar-refractivity contribution in [1.82, 2.24) is 0 Å². The zero-order valence-electron chi connectivity index (χ0n) is 8.06. The maximum absolute atomic E-state index is 8.37. The second kappa shape index (κ2) is 6.67. The standard InChI is InChI=1S/C11H17N/c1-4-10(2)6-5-7-11(3)8-9-12/h6H,3-5,7-8H2,1-2H3. The maximum Gasteiger partial charge on any atom is 0.0666 e. The van der Waals surface area contributed by atoms with Crippen molar-refractivity contribution >= 4 is 0 Å². The molecular weight excluding hydrogens is 146 g/mol. The van der Waals surface area contributed by atoms with Crippen molar-refractivity contribution in [3.63, 3.8) is 0 Å². The minimum atomic E-state index is 0.499. The van der Waals surface area contributed by atoms with Crippen molar-refractivity contribution in [2.24, 2.45) is 0 Å². The molecule has 0 aromatic heterocycles. The van der Waals surface area contributed by atoms with E-state index in [2.05, 4.69) is 32.6 Å². The van der Waals surface area contributed by atoms with Crippen LogP contribution in [0.3, 0.4) is 0 Å². The first-order valence-corrected chi connectivity index (χ1v) is 4.40. The molecule has 0 aromatic rings. The van der Waals surface area contributed by atoms with Crippen LogP contribution < -0.4 is 0 Å². The third kappa shape index (κ3) is 5.73. The van der Waals surface area contributed by atoms with Gasteiger partial charge in [0.2, 0.25) is 0 Å². The lowest BCUT2D eigenvalue weighted by molar-refractivity contribution is 0.930. The number of rotatable bonds is 5. The number of allylic oxidation sites excluding steroid dienone is 3. The van der Waals surface area contributed by atoms with E-state index in [0.717, 1.165) is 24.8 Å². The van der Waals surface area contributed by atoms with Gasteiger partial charge in [0.15, 0.2) is 0 Å². The van der Waals surface area contributed by atoms with Gasteiger partial charge in [-0.1, -0.05) is 30.7 Å². The highest BCUT2D eigenvalue weighted by molar-refractivity contribution is 5.05. The van der Waals surface area contributed by atoms with Gasteiger partial charge in [-0.25, -0.2) is 0 Å². The molecule has 0 bridgehead atoms. The van der Waals surface area contributed by atoms with Gasteiger partial charge in [-0.15, -0.1) is 0 Å². The van der Waals surface area contributed by atoms with Crippen LogP contribution in [-0.2, 0) is 0 Å². The van der Waals surface area contributed by atoms with Crippen LogP contribution in [0.5, 0.6) is 0 Å². The zero-order valence-corrected chi connectivity index (χ0v) is 8.06. The molecule has 1 nitrogen and oxygen atoms in total. The fraction of sp³-hybridized carbons (Fsp3) is 0.545. The second-order valence-corrected chi connectivity index (χ2v) is 3.03. The molecule has 0 saturated carbocycles. The van der Waals surface area contributed by atoms with E-state index in [-0.39, 0.29) is 0 Å². The Balaban J connectivity index is 3.57. The summed E-state index contributed by atoms with van der Waals surface area (Å²) in [5.74, 6) is 0. The van der Waals surface area contributed by atoms with Gasteiger partial charge in [-0.2, -0.15) is 5.26 Å². The van der Waals surface area contributed by atoms with Crippen LogP contribution in [0.25, 0.3) is 0 Å². The van der Waals surface area contributed by atoms with Gasteiger partial charge in [0, 0.05) is 0 Å². The SMILES string of the molecule is C=C(CC#N)CCC=C(C)CC. The quantitative estimate of drug-likeness (QED) is 0.568. The predicted octanol–water partition coefficient (Wildman–Crippen LogP) is 3.59. The number of hydrogen-bond acceptors (Lipinski definition) is 1. The molecule has 0 N–H and O–H groups in total. The molecule has 0 amide bonds. The fourth-order valence-electron chi connectivity index (χ4n) is 0.867. The molecule has 0 saturated heterocycles. The summed E-state index contributed by atoms with van der Waals surface area (Å²) in [4.78, 5) is 0. The number of hydrogen-bond donors (Lipinski definition) is 0. The average Bonchev–Trinajstić information content (AvgIpc) is 2.04. The molecule has 0 aromatic carbocycles. The van der Waals surface area contributed by atoms with Crippen molar-refractivity contribution in [3.05, 3.63) is 23.8 Å². The summed E-state index contributed by atoms with van der Waals surface area (Å²) in [5.41, 5.74) is 2.46. The van der Waals surface area contributed by atoms with E-state index < -0.39 is 0 Å². The lowest BCUT2D eigenvalue weighted by Crippen LogP contribution is -1.79. The summed E-state index contributed by atoms with van der Waals surface area (Å²) in [6.45, 7) is 8.10. The molecule has 1 heteroatoms. The number of nitrogens with zero attached hydrogens (tertiary/aromatic N) is 1. The van der Waals surface area contributed by atoms with E-state index in [9.17, 15) is 0 Å². The molecule has 0 aliphatic carbocycles. The van der Waals surface area contributed by atoms with E-state index in [1.54, 1.807) is 0 Å². The highest BCUT2D eigenvalue weighted by Crippen LogP contribution is 2.09. The summed E-state index contributed by atoms with van der Waals surface area (Å²) >= 11 is 0. The van der Waals surface area contributed by atoms with Crippen LogP contribution in [0.4, 0.5) is 0 Å².